The molecule has 134 valence electrons. The maximum absolute atomic E-state index is 12.3. The van der Waals surface area contributed by atoms with Crippen molar-refractivity contribution in [3.8, 4) is 5.75 Å². The van der Waals surface area contributed by atoms with Gasteiger partial charge in [-0.1, -0.05) is 7.43 Å². The summed E-state index contributed by atoms with van der Waals surface area (Å²) < 4.78 is 39.9. The van der Waals surface area contributed by atoms with Crippen molar-refractivity contribution < 1.29 is 37.8 Å². The van der Waals surface area contributed by atoms with Crippen molar-refractivity contribution >= 4 is 11.8 Å². The lowest BCUT2D eigenvalue weighted by Gasteiger charge is -2.24. The smallest absolute Gasteiger partial charge is 0.406 e. The molecule has 10 heteroatoms. The van der Waals surface area contributed by atoms with Gasteiger partial charge in [0.2, 0.25) is 0 Å². The van der Waals surface area contributed by atoms with Crippen molar-refractivity contribution in [2.24, 2.45) is 0 Å². The first kappa shape index (κ1) is 19.7. The summed E-state index contributed by atoms with van der Waals surface area (Å²) in [6.45, 7) is 0.0683. The fourth-order valence-corrected chi connectivity index (χ4v) is 2.35. The Labute approximate surface area is 135 Å². The van der Waals surface area contributed by atoms with Gasteiger partial charge < -0.3 is 14.7 Å². The van der Waals surface area contributed by atoms with Crippen molar-refractivity contribution in [2.45, 2.75) is 32.4 Å². The minimum absolute atomic E-state index is 0. The van der Waals surface area contributed by atoms with Crippen LogP contribution in [0.2, 0.25) is 0 Å². The van der Waals surface area contributed by atoms with Crippen LogP contribution in [0.25, 0.3) is 0 Å². The summed E-state index contributed by atoms with van der Waals surface area (Å²) in [7, 11) is 0. The summed E-state index contributed by atoms with van der Waals surface area (Å²) in [4.78, 5) is 24.9. The maximum atomic E-state index is 12.3. The maximum Gasteiger partial charge on any atom is 0.573 e. The number of alkyl halides is 3. The van der Waals surface area contributed by atoms with E-state index in [0.29, 0.717) is 0 Å². The van der Waals surface area contributed by atoms with Crippen LogP contribution in [-0.2, 0) is 4.79 Å². The van der Waals surface area contributed by atoms with Crippen molar-refractivity contribution in [1.82, 2.24) is 10.4 Å². The Balaban J connectivity index is 0.00000288. The summed E-state index contributed by atoms with van der Waals surface area (Å²) in [5.41, 5.74) is 1.39. The molecule has 1 heterocycles. The van der Waals surface area contributed by atoms with E-state index in [2.05, 4.69) is 4.74 Å². The molecule has 0 unspecified atom stereocenters. The zero-order valence-corrected chi connectivity index (χ0v) is 11.6. The van der Waals surface area contributed by atoms with Crippen LogP contribution in [0, 0.1) is 0 Å². The molecule has 24 heavy (non-hydrogen) atoms. The van der Waals surface area contributed by atoms with Gasteiger partial charge in [0.1, 0.15) is 11.8 Å². The summed E-state index contributed by atoms with van der Waals surface area (Å²) >= 11 is 0. The number of rotatable bonds is 3. The predicted octanol–water partition coefficient (Wildman–Crippen LogP) is 1.30. The average Bonchev–Trinajstić information content (AvgIpc) is 2.86. The molecular formula is C14H17F3N2O5. The van der Waals surface area contributed by atoms with E-state index in [-0.39, 0.29) is 26.0 Å². The number of aliphatic hydroxyl groups is 1. The zero-order chi connectivity index (χ0) is 17.2. The van der Waals surface area contributed by atoms with Crippen LogP contribution in [0.3, 0.4) is 0 Å². The second-order valence-electron chi connectivity index (χ2n) is 4.85. The monoisotopic (exact) mass is 350 g/mol. The van der Waals surface area contributed by atoms with Crippen molar-refractivity contribution in [3.63, 3.8) is 0 Å². The number of benzene rings is 1. The van der Waals surface area contributed by atoms with E-state index in [1.807, 2.05) is 0 Å². The molecule has 0 bridgehead atoms. The molecule has 0 aromatic heterocycles. The molecule has 1 aliphatic rings. The number of likely N-dealkylation sites (tertiary alicyclic amines) is 1. The number of halogens is 3. The molecule has 1 aromatic carbocycles. The lowest BCUT2D eigenvalue weighted by molar-refractivity contribution is -0.274. The first-order valence-corrected chi connectivity index (χ1v) is 6.51. The Hall–Kier alpha value is -2.33. The minimum atomic E-state index is -4.84. The summed E-state index contributed by atoms with van der Waals surface area (Å²) in [5.74, 6) is -2.09. The number of hydrogen-bond donors (Lipinski definition) is 3. The lowest BCUT2D eigenvalue weighted by atomic mass is 10.1. The number of hydrogen-bond acceptors (Lipinski definition) is 5. The molecule has 0 radical (unpaired) electrons. The third kappa shape index (κ3) is 4.36. The first-order chi connectivity index (χ1) is 10.7. The number of aliphatic hydroxyl groups excluding tert-OH is 1. The van der Waals surface area contributed by atoms with E-state index < -0.39 is 36.1 Å². The number of carbonyl (C=O) groups is 2. The van der Waals surface area contributed by atoms with Crippen molar-refractivity contribution in [1.29, 1.82) is 0 Å². The highest BCUT2D eigenvalue weighted by atomic mass is 19.4. The van der Waals surface area contributed by atoms with Gasteiger partial charge in [-0.3, -0.25) is 14.8 Å². The van der Waals surface area contributed by atoms with Gasteiger partial charge in [0.15, 0.2) is 0 Å². The number of carbonyl (C=O) groups excluding carboxylic acids is 2. The number of nitrogens with zero attached hydrogens (tertiary/aromatic N) is 1. The molecule has 2 amide bonds. The average molecular weight is 350 g/mol. The zero-order valence-electron chi connectivity index (χ0n) is 11.6. The SMILES string of the molecule is C.O=C(NO)[C@H]1[C@H](O)CCN1C(=O)c1ccc(OC(F)(F)F)cc1. The van der Waals surface area contributed by atoms with Crippen molar-refractivity contribution in [2.75, 3.05) is 6.54 Å². The van der Waals surface area contributed by atoms with Crippen LogP contribution >= 0.6 is 0 Å². The molecule has 2 atom stereocenters. The van der Waals surface area contributed by atoms with Gasteiger partial charge in [-0.2, -0.15) is 0 Å². The molecule has 0 aliphatic carbocycles. The topological polar surface area (TPSA) is 99.1 Å². The first-order valence-electron chi connectivity index (χ1n) is 6.51. The Morgan fingerprint density at radius 2 is 1.83 bits per heavy atom. The number of amides is 2. The summed E-state index contributed by atoms with van der Waals surface area (Å²) in [6.07, 6.45) is -5.84. The van der Waals surface area contributed by atoms with Gasteiger partial charge in [-0.05, 0) is 30.7 Å². The van der Waals surface area contributed by atoms with E-state index >= 15 is 0 Å². The minimum Gasteiger partial charge on any atom is -0.406 e. The highest BCUT2D eigenvalue weighted by Gasteiger charge is 2.41. The third-order valence-corrected chi connectivity index (χ3v) is 3.34. The van der Waals surface area contributed by atoms with Gasteiger partial charge in [0.25, 0.3) is 11.8 Å². The highest BCUT2D eigenvalue weighted by molar-refractivity contribution is 5.98. The molecule has 1 fully saturated rings. The van der Waals surface area contributed by atoms with Gasteiger partial charge in [0.05, 0.1) is 6.10 Å². The second-order valence-corrected chi connectivity index (χ2v) is 4.85. The Bertz CT molecular complexity index is 591. The third-order valence-electron chi connectivity index (χ3n) is 3.34. The largest absolute Gasteiger partial charge is 0.573 e. The van der Waals surface area contributed by atoms with Crippen LogP contribution in [0.4, 0.5) is 13.2 Å². The molecule has 7 nitrogen and oxygen atoms in total. The van der Waals surface area contributed by atoms with E-state index in [4.69, 9.17) is 5.21 Å². The second kappa shape index (κ2) is 7.49. The predicted molar refractivity (Wildman–Crippen MR) is 75.2 cm³/mol. The van der Waals surface area contributed by atoms with Gasteiger partial charge in [0, 0.05) is 12.1 Å². The van der Waals surface area contributed by atoms with Gasteiger partial charge in [-0.15, -0.1) is 13.2 Å². The summed E-state index contributed by atoms with van der Waals surface area (Å²) in [5, 5.41) is 18.4. The lowest BCUT2D eigenvalue weighted by Crippen LogP contribution is -2.49. The van der Waals surface area contributed by atoms with Crippen LogP contribution in [0.15, 0.2) is 24.3 Å². The Morgan fingerprint density at radius 3 is 2.33 bits per heavy atom. The van der Waals surface area contributed by atoms with Crippen LogP contribution in [0.5, 0.6) is 5.75 Å². The van der Waals surface area contributed by atoms with E-state index in [1.165, 1.54) is 5.48 Å². The van der Waals surface area contributed by atoms with E-state index in [0.717, 1.165) is 29.2 Å². The molecule has 3 N–H and O–H groups in total. The van der Waals surface area contributed by atoms with Gasteiger partial charge >= 0.3 is 6.36 Å². The van der Waals surface area contributed by atoms with Crippen LogP contribution < -0.4 is 10.2 Å². The molecule has 1 aliphatic heterocycles. The quantitative estimate of drug-likeness (QED) is 0.564. The summed E-state index contributed by atoms with van der Waals surface area (Å²) in [6, 6.07) is 2.89. The highest BCUT2D eigenvalue weighted by Crippen LogP contribution is 2.25. The van der Waals surface area contributed by atoms with Crippen LogP contribution in [-0.4, -0.2) is 52.1 Å². The molecule has 1 aromatic rings. The molecule has 1 saturated heterocycles. The number of nitrogens with one attached hydrogen (secondary N) is 1. The Kier molecular flexibility index (Phi) is 6.16. The number of ether oxygens (including phenoxy) is 1. The molecular weight excluding hydrogens is 333 g/mol. The molecule has 0 saturated carbocycles. The van der Waals surface area contributed by atoms with Gasteiger partial charge in [-0.25, -0.2) is 5.48 Å². The van der Waals surface area contributed by atoms with Crippen molar-refractivity contribution in [3.05, 3.63) is 29.8 Å². The standard InChI is InChI=1S/C13H13F3N2O5.CH4/c14-13(15,16)23-8-3-1-7(2-4-8)12(21)18-6-5-9(19)10(18)11(20)17-22;/h1-4,9-10,19,22H,5-6H2,(H,17,20);1H4/t9-,10-;/m1./s1. The number of hydroxylamine groups is 1. The molecule has 0 spiro atoms. The molecule has 2 rings (SSSR count). The normalized spacial score (nSPS) is 20.3. The van der Waals surface area contributed by atoms with E-state index in [9.17, 15) is 27.9 Å². The fourth-order valence-electron chi connectivity index (χ4n) is 2.35. The fraction of sp³-hybridized carbons (Fsp3) is 0.429. The Morgan fingerprint density at radius 1 is 1.25 bits per heavy atom. The van der Waals surface area contributed by atoms with Crippen LogP contribution in [0.1, 0.15) is 24.2 Å². The van der Waals surface area contributed by atoms with E-state index in [1.54, 1.807) is 0 Å².